The maximum atomic E-state index is 12.1. The van der Waals surface area contributed by atoms with E-state index in [4.69, 9.17) is 4.74 Å². The Morgan fingerprint density at radius 1 is 1.14 bits per heavy atom. The molecular weight excluding hydrogens is 268 g/mol. The summed E-state index contributed by atoms with van der Waals surface area (Å²) < 4.78 is 5.38. The minimum atomic E-state index is -0.502. The van der Waals surface area contributed by atoms with Crippen LogP contribution in [0.3, 0.4) is 0 Å². The molecule has 0 fully saturated rings. The molecule has 0 unspecified atom stereocenters. The monoisotopic (exact) mass is 290 g/mol. The van der Waals surface area contributed by atoms with E-state index < -0.39 is 5.60 Å². The first-order valence-electron chi connectivity index (χ1n) is 6.99. The highest BCUT2D eigenvalue weighted by atomic mass is 16.6. The number of hydrogen-bond acceptors (Lipinski definition) is 3. The summed E-state index contributed by atoms with van der Waals surface area (Å²) in [6.07, 6.45) is -0.320. The van der Waals surface area contributed by atoms with Gasteiger partial charge in [-0.3, -0.25) is 9.69 Å². The van der Waals surface area contributed by atoms with Crippen molar-refractivity contribution in [3.8, 4) is 0 Å². The molecule has 0 spiro atoms. The number of benzene rings is 1. The van der Waals surface area contributed by atoms with E-state index in [1.54, 1.807) is 30.0 Å². The number of ether oxygens (including phenoxy) is 1. The Kier molecular flexibility index (Phi) is 3.94. The van der Waals surface area contributed by atoms with E-state index in [0.717, 1.165) is 11.1 Å². The van der Waals surface area contributed by atoms with E-state index in [-0.39, 0.29) is 12.0 Å². The Bertz CT molecular complexity index is 573. The van der Waals surface area contributed by atoms with E-state index in [1.807, 2.05) is 32.9 Å². The van der Waals surface area contributed by atoms with Gasteiger partial charge in [0.05, 0.1) is 0 Å². The van der Waals surface area contributed by atoms with E-state index >= 15 is 0 Å². The van der Waals surface area contributed by atoms with Crippen molar-refractivity contribution in [1.29, 1.82) is 0 Å². The summed E-state index contributed by atoms with van der Waals surface area (Å²) in [7, 11) is 3.45. The average molecular weight is 290 g/mol. The lowest BCUT2D eigenvalue weighted by molar-refractivity contribution is 0.0242. The summed E-state index contributed by atoms with van der Waals surface area (Å²) in [5.41, 5.74) is 2.22. The third-order valence-electron chi connectivity index (χ3n) is 3.23. The Morgan fingerprint density at radius 3 is 2.33 bits per heavy atom. The normalized spacial score (nSPS) is 13.9. The lowest BCUT2D eigenvalue weighted by Gasteiger charge is -2.24. The predicted octanol–water partition coefficient (Wildman–Crippen LogP) is 2.64. The topological polar surface area (TPSA) is 49.9 Å². The van der Waals surface area contributed by atoms with Gasteiger partial charge in [-0.1, -0.05) is 6.07 Å². The summed E-state index contributed by atoms with van der Waals surface area (Å²) in [6.45, 7) is 6.56. The zero-order valence-electron chi connectivity index (χ0n) is 13.3. The third-order valence-corrected chi connectivity index (χ3v) is 3.23. The van der Waals surface area contributed by atoms with Crippen LogP contribution < -0.4 is 0 Å². The second kappa shape index (κ2) is 5.39. The first-order valence-corrected chi connectivity index (χ1v) is 6.99. The molecule has 21 heavy (non-hydrogen) atoms. The van der Waals surface area contributed by atoms with Gasteiger partial charge in [0, 0.05) is 32.7 Å². The largest absolute Gasteiger partial charge is 0.444 e. The fourth-order valence-electron chi connectivity index (χ4n) is 2.24. The maximum Gasteiger partial charge on any atom is 0.410 e. The average Bonchev–Trinajstić information content (AvgIpc) is 2.78. The molecule has 1 aliphatic heterocycles. The molecule has 0 N–H and O–H groups in total. The van der Waals surface area contributed by atoms with Crippen LogP contribution in [0.25, 0.3) is 0 Å². The molecule has 1 aliphatic rings. The quantitative estimate of drug-likeness (QED) is 0.799. The highest BCUT2D eigenvalue weighted by Gasteiger charge is 2.28. The number of amides is 2. The first-order chi connectivity index (χ1) is 9.67. The smallest absolute Gasteiger partial charge is 0.410 e. The van der Waals surface area contributed by atoms with Gasteiger partial charge in [0.1, 0.15) is 5.60 Å². The molecule has 0 aromatic heterocycles. The van der Waals surface area contributed by atoms with Crippen molar-refractivity contribution >= 4 is 12.0 Å². The Labute approximate surface area is 125 Å². The number of hydrogen-bond donors (Lipinski definition) is 0. The number of fused-ring (bicyclic) bond motifs is 1. The van der Waals surface area contributed by atoms with Crippen LogP contribution in [0, 0.1) is 0 Å². The zero-order chi connectivity index (χ0) is 15.8. The molecule has 114 valence electrons. The van der Waals surface area contributed by atoms with Crippen LogP contribution in [0.2, 0.25) is 0 Å². The summed E-state index contributed by atoms with van der Waals surface area (Å²) >= 11 is 0. The lowest BCUT2D eigenvalue weighted by Crippen LogP contribution is -2.33. The first kappa shape index (κ1) is 15.4. The van der Waals surface area contributed by atoms with Gasteiger partial charge < -0.3 is 9.64 Å². The summed E-state index contributed by atoms with van der Waals surface area (Å²) in [5.74, 6) is -0.0338. The maximum absolute atomic E-state index is 12.1. The molecule has 0 saturated carbocycles. The molecule has 2 rings (SSSR count). The second-order valence-electron chi connectivity index (χ2n) is 6.52. The van der Waals surface area contributed by atoms with Crippen LogP contribution in [0.1, 0.15) is 42.3 Å². The van der Waals surface area contributed by atoms with Crippen molar-refractivity contribution in [2.24, 2.45) is 0 Å². The minimum absolute atomic E-state index is 0.0338. The van der Waals surface area contributed by atoms with Crippen LogP contribution in [-0.2, 0) is 17.8 Å². The fraction of sp³-hybridized carbons (Fsp3) is 0.500. The van der Waals surface area contributed by atoms with Gasteiger partial charge in [0.25, 0.3) is 5.91 Å². The molecule has 0 aliphatic carbocycles. The fourth-order valence-corrected chi connectivity index (χ4v) is 2.24. The van der Waals surface area contributed by atoms with Gasteiger partial charge in [0.2, 0.25) is 0 Å². The van der Waals surface area contributed by atoms with E-state index in [1.165, 1.54) is 0 Å². The van der Waals surface area contributed by atoms with E-state index in [9.17, 15) is 9.59 Å². The number of carbonyl (C=O) groups excluding carboxylic acids is 2. The SMILES string of the molecule is CN(C)C(=O)c1ccc2c(c1)CN(C(=O)OC(C)(C)C)C2. The van der Waals surface area contributed by atoms with Crippen molar-refractivity contribution in [3.05, 3.63) is 34.9 Å². The predicted molar refractivity (Wildman–Crippen MR) is 79.9 cm³/mol. The second-order valence-corrected chi connectivity index (χ2v) is 6.52. The standard InChI is InChI=1S/C16H22N2O3/c1-16(2,3)21-15(20)18-9-12-7-6-11(8-13(12)10-18)14(19)17(4)5/h6-8H,9-10H2,1-5H3. The highest BCUT2D eigenvalue weighted by molar-refractivity contribution is 5.94. The van der Waals surface area contributed by atoms with Gasteiger partial charge >= 0.3 is 6.09 Å². The van der Waals surface area contributed by atoms with Gasteiger partial charge in [0.15, 0.2) is 0 Å². The Hall–Kier alpha value is -2.04. The van der Waals surface area contributed by atoms with Crippen LogP contribution >= 0.6 is 0 Å². The summed E-state index contributed by atoms with van der Waals surface area (Å²) in [4.78, 5) is 27.2. The van der Waals surface area contributed by atoms with Gasteiger partial charge in [-0.15, -0.1) is 0 Å². The van der Waals surface area contributed by atoms with Gasteiger partial charge in [-0.05, 0) is 44.0 Å². The molecule has 0 saturated heterocycles. The minimum Gasteiger partial charge on any atom is -0.444 e. The Balaban J connectivity index is 2.13. The van der Waals surface area contributed by atoms with E-state index in [2.05, 4.69) is 0 Å². The molecule has 0 radical (unpaired) electrons. The van der Waals surface area contributed by atoms with E-state index in [0.29, 0.717) is 18.7 Å². The van der Waals surface area contributed by atoms with Crippen LogP contribution in [0.4, 0.5) is 4.79 Å². The van der Waals surface area contributed by atoms with Crippen molar-refractivity contribution in [2.45, 2.75) is 39.5 Å². The molecular formula is C16H22N2O3. The lowest BCUT2D eigenvalue weighted by atomic mass is 10.1. The highest BCUT2D eigenvalue weighted by Crippen LogP contribution is 2.25. The summed E-state index contributed by atoms with van der Waals surface area (Å²) in [5, 5.41) is 0. The van der Waals surface area contributed by atoms with Gasteiger partial charge in [-0.25, -0.2) is 4.79 Å². The van der Waals surface area contributed by atoms with Crippen molar-refractivity contribution in [2.75, 3.05) is 14.1 Å². The summed E-state index contributed by atoms with van der Waals surface area (Å²) in [6, 6.07) is 5.58. The molecule has 1 heterocycles. The molecule has 0 atom stereocenters. The van der Waals surface area contributed by atoms with Crippen molar-refractivity contribution in [3.63, 3.8) is 0 Å². The molecule has 1 aromatic rings. The third kappa shape index (κ3) is 3.54. The Morgan fingerprint density at radius 2 is 1.76 bits per heavy atom. The van der Waals surface area contributed by atoms with Crippen LogP contribution in [0.5, 0.6) is 0 Å². The van der Waals surface area contributed by atoms with Crippen molar-refractivity contribution in [1.82, 2.24) is 9.80 Å². The van der Waals surface area contributed by atoms with Crippen LogP contribution in [0.15, 0.2) is 18.2 Å². The molecule has 0 bridgehead atoms. The van der Waals surface area contributed by atoms with Crippen LogP contribution in [-0.4, -0.2) is 41.5 Å². The molecule has 1 aromatic carbocycles. The van der Waals surface area contributed by atoms with Gasteiger partial charge in [-0.2, -0.15) is 0 Å². The van der Waals surface area contributed by atoms with Crippen molar-refractivity contribution < 1.29 is 14.3 Å². The number of rotatable bonds is 1. The molecule has 5 heteroatoms. The number of carbonyl (C=O) groups is 2. The molecule has 2 amide bonds. The number of nitrogens with zero attached hydrogens (tertiary/aromatic N) is 2. The molecule has 5 nitrogen and oxygen atoms in total. The zero-order valence-corrected chi connectivity index (χ0v) is 13.3.